The monoisotopic (exact) mass is 515 g/mol. The summed E-state index contributed by atoms with van der Waals surface area (Å²) in [5, 5.41) is 12.7. The van der Waals surface area contributed by atoms with E-state index in [1.807, 2.05) is 42.2 Å². The summed E-state index contributed by atoms with van der Waals surface area (Å²) in [5.74, 6) is 0.938. The number of methoxy groups -OCH3 is 1. The Kier molecular flexibility index (Phi) is 6.26. The average molecular weight is 516 g/mol. The van der Waals surface area contributed by atoms with Crippen molar-refractivity contribution in [3.05, 3.63) is 64.2 Å². The summed E-state index contributed by atoms with van der Waals surface area (Å²) >= 11 is 0. The van der Waals surface area contributed by atoms with Crippen LogP contribution in [0.4, 0.5) is 0 Å². The van der Waals surface area contributed by atoms with Gasteiger partial charge in [-0.15, -0.1) is 0 Å². The molecule has 1 saturated carbocycles. The Morgan fingerprint density at radius 1 is 1.16 bits per heavy atom. The summed E-state index contributed by atoms with van der Waals surface area (Å²) in [6, 6.07) is 11.5. The number of ether oxygens (including phenoxy) is 1. The van der Waals surface area contributed by atoms with Gasteiger partial charge in [-0.05, 0) is 61.9 Å². The first-order valence-electron chi connectivity index (χ1n) is 13.5. The van der Waals surface area contributed by atoms with Crippen LogP contribution in [0.1, 0.15) is 49.7 Å². The number of piperidine rings is 1. The quantitative estimate of drug-likeness (QED) is 0.347. The van der Waals surface area contributed by atoms with Crippen molar-refractivity contribution in [2.24, 2.45) is 5.92 Å². The molecular weight excluding hydrogens is 482 g/mol. The molecule has 0 unspecified atom stereocenters. The van der Waals surface area contributed by atoms with Crippen molar-refractivity contribution in [1.82, 2.24) is 4.90 Å². The van der Waals surface area contributed by atoms with Crippen molar-refractivity contribution in [1.29, 1.82) is 0 Å². The Hall–Kier alpha value is -3.58. The lowest BCUT2D eigenvalue weighted by atomic mass is 9.71. The Morgan fingerprint density at radius 3 is 2.87 bits per heavy atom. The Labute approximate surface area is 221 Å². The normalized spacial score (nSPS) is 21.6. The second kappa shape index (κ2) is 9.62. The zero-order valence-corrected chi connectivity index (χ0v) is 21.9. The van der Waals surface area contributed by atoms with Gasteiger partial charge in [0.15, 0.2) is 0 Å². The molecule has 2 atom stereocenters. The number of aliphatic hydroxyl groups is 1. The van der Waals surface area contributed by atoms with Crippen LogP contribution in [0.3, 0.4) is 0 Å². The minimum absolute atomic E-state index is 0.0297. The number of amides is 1. The van der Waals surface area contributed by atoms with Crippen molar-refractivity contribution >= 4 is 27.8 Å². The summed E-state index contributed by atoms with van der Waals surface area (Å²) in [7, 11) is 1.64. The Morgan fingerprint density at radius 2 is 2.03 bits per heavy atom. The number of rotatable bonds is 5. The summed E-state index contributed by atoms with van der Waals surface area (Å²) in [6.45, 7) is 3.09. The average Bonchev–Trinajstić information content (AvgIpc) is 3.34. The van der Waals surface area contributed by atoms with Gasteiger partial charge in [0, 0.05) is 53.4 Å². The third-order valence-corrected chi connectivity index (χ3v) is 8.73. The number of likely N-dealkylation sites (tertiary alicyclic amines) is 1. The number of hydrogen-bond acceptors (Lipinski definition) is 6. The number of carbonyl (C=O) groups excluding carboxylic acids is 1. The van der Waals surface area contributed by atoms with Gasteiger partial charge in [0.1, 0.15) is 16.9 Å². The molecule has 4 aromatic rings. The minimum Gasteiger partial charge on any atom is -0.497 e. The molecule has 7 heteroatoms. The molecule has 2 aliphatic rings. The summed E-state index contributed by atoms with van der Waals surface area (Å²) < 4.78 is 16.9. The van der Waals surface area contributed by atoms with Crippen LogP contribution >= 0.6 is 0 Å². The molecule has 2 aromatic heterocycles. The molecule has 0 bridgehead atoms. The maximum Gasteiger partial charge on any atom is 0.339 e. The van der Waals surface area contributed by atoms with Crippen LogP contribution in [0.25, 0.3) is 33.1 Å². The van der Waals surface area contributed by atoms with Crippen LogP contribution in [0.15, 0.2) is 56.3 Å². The number of aryl methyl sites for hydroxylation is 1. The van der Waals surface area contributed by atoms with Gasteiger partial charge in [0.25, 0.3) is 0 Å². The molecule has 2 aromatic carbocycles. The lowest BCUT2D eigenvalue weighted by Gasteiger charge is -2.47. The van der Waals surface area contributed by atoms with E-state index < -0.39 is 11.2 Å². The number of carbonyl (C=O) groups is 1. The third kappa shape index (κ3) is 4.29. The molecule has 2 fully saturated rings. The molecule has 6 rings (SSSR count). The van der Waals surface area contributed by atoms with E-state index in [1.54, 1.807) is 19.4 Å². The van der Waals surface area contributed by atoms with E-state index >= 15 is 0 Å². The lowest BCUT2D eigenvalue weighted by molar-refractivity contribution is -0.143. The van der Waals surface area contributed by atoms with E-state index in [2.05, 4.69) is 0 Å². The minimum atomic E-state index is -0.618. The number of fused-ring (bicyclic) bond motifs is 3. The van der Waals surface area contributed by atoms with E-state index in [4.69, 9.17) is 13.6 Å². The number of furan rings is 1. The number of nitrogens with zero attached hydrogens (tertiary/aromatic N) is 1. The molecule has 1 saturated heterocycles. The van der Waals surface area contributed by atoms with Crippen LogP contribution in [0.2, 0.25) is 0 Å². The maximum absolute atomic E-state index is 13.1. The van der Waals surface area contributed by atoms with E-state index in [9.17, 15) is 14.7 Å². The SMILES string of the molecule is COc1cccc(-c2coc3cc4oc(=O)c(CCC(=O)N5CC[C@@]6(O)CCCC[C@H]6C5)c(C)c4cc23)c1. The lowest BCUT2D eigenvalue weighted by Crippen LogP contribution is -2.54. The van der Waals surface area contributed by atoms with Gasteiger partial charge in [0.05, 0.1) is 19.0 Å². The van der Waals surface area contributed by atoms with Gasteiger partial charge < -0.3 is 23.6 Å². The molecule has 3 heterocycles. The molecule has 198 valence electrons. The molecule has 38 heavy (non-hydrogen) atoms. The van der Waals surface area contributed by atoms with Gasteiger partial charge in [-0.3, -0.25) is 4.79 Å². The molecular formula is C31H33NO6. The summed E-state index contributed by atoms with van der Waals surface area (Å²) in [5.41, 5.74) is 3.31. The first kappa shape index (κ1) is 24.7. The van der Waals surface area contributed by atoms with Crippen LogP contribution < -0.4 is 10.4 Å². The Bertz CT molecular complexity index is 1580. The van der Waals surface area contributed by atoms with Gasteiger partial charge in [-0.25, -0.2) is 4.79 Å². The van der Waals surface area contributed by atoms with Crippen LogP contribution in [-0.2, 0) is 11.2 Å². The largest absolute Gasteiger partial charge is 0.497 e. The first-order chi connectivity index (χ1) is 18.4. The van der Waals surface area contributed by atoms with Crippen molar-refractivity contribution < 1.29 is 23.5 Å². The molecule has 7 nitrogen and oxygen atoms in total. The van der Waals surface area contributed by atoms with Crippen molar-refractivity contribution in [3.63, 3.8) is 0 Å². The number of benzene rings is 2. The van der Waals surface area contributed by atoms with E-state index in [0.29, 0.717) is 42.7 Å². The summed E-state index contributed by atoms with van der Waals surface area (Å²) in [6.07, 6.45) is 6.87. The van der Waals surface area contributed by atoms with Gasteiger partial charge in [-0.1, -0.05) is 25.0 Å². The standard InChI is InChI=1S/C31H33NO6/c1-19-23(9-10-29(33)32-13-12-31(35)11-4-3-7-21(31)17-32)30(34)38-28-16-27-25(15-24(19)28)26(18-37-27)20-6-5-8-22(14-20)36-2/h5-6,8,14-16,18,21,35H,3-4,7,9-13,17H2,1-2H3/t21-,31-/m0/s1. The molecule has 0 spiro atoms. The molecule has 0 radical (unpaired) electrons. The highest BCUT2D eigenvalue weighted by atomic mass is 16.5. The second-order valence-corrected chi connectivity index (χ2v) is 10.9. The predicted octanol–water partition coefficient (Wildman–Crippen LogP) is 5.61. The van der Waals surface area contributed by atoms with Crippen molar-refractivity contribution in [3.8, 4) is 16.9 Å². The highest BCUT2D eigenvalue weighted by Crippen LogP contribution is 2.40. The molecule has 1 amide bonds. The molecule has 1 N–H and O–H groups in total. The fourth-order valence-corrected chi connectivity index (χ4v) is 6.40. The van der Waals surface area contributed by atoms with Gasteiger partial charge in [-0.2, -0.15) is 0 Å². The van der Waals surface area contributed by atoms with Gasteiger partial charge >= 0.3 is 5.63 Å². The fraction of sp³-hybridized carbons (Fsp3) is 0.419. The smallest absolute Gasteiger partial charge is 0.339 e. The molecule has 1 aliphatic carbocycles. The van der Waals surface area contributed by atoms with Crippen molar-refractivity contribution in [2.75, 3.05) is 20.2 Å². The Balaban J connectivity index is 1.27. The van der Waals surface area contributed by atoms with Crippen LogP contribution in [-0.4, -0.2) is 41.7 Å². The maximum atomic E-state index is 13.1. The second-order valence-electron chi connectivity index (χ2n) is 10.9. The first-order valence-corrected chi connectivity index (χ1v) is 13.5. The summed E-state index contributed by atoms with van der Waals surface area (Å²) in [4.78, 5) is 27.9. The molecule has 1 aliphatic heterocycles. The van der Waals surface area contributed by atoms with Gasteiger partial charge in [0.2, 0.25) is 5.91 Å². The third-order valence-electron chi connectivity index (χ3n) is 8.73. The number of hydrogen-bond donors (Lipinski definition) is 1. The zero-order valence-electron chi connectivity index (χ0n) is 21.9. The highest BCUT2D eigenvalue weighted by molar-refractivity contribution is 6.02. The predicted molar refractivity (Wildman–Crippen MR) is 145 cm³/mol. The van der Waals surface area contributed by atoms with E-state index in [1.165, 1.54) is 0 Å². The highest BCUT2D eigenvalue weighted by Gasteiger charge is 2.43. The van der Waals surface area contributed by atoms with Crippen molar-refractivity contribution in [2.45, 2.75) is 57.5 Å². The van der Waals surface area contributed by atoms with Crippen LogP contribution in [0, 0.1) is 12.8 Å². The van der Waals surface area contributed by atoms with Crippen LogP contribution in [0.5, 0.6) is 5.75 Å². The fourth-order valence-electron chi connectivity index (χ4n) is 6.40. The zero-order chi connectivity index (χ0) is 26.4. The topological polar surface area (TPSA) is 93.1 Å². The van der Waals surface area contributed by atoms with E-state index in [-0.39, 0.29) is 18.2 Å². The van der Waals surface area contributed by atoms with E-state index in [0.717, 1.165) is 58.9 Å².